The SMILES string of the molecule is NOC(=O)c1cccc2cn(-c3ccc(CN4CCN(c5ccccc5)CC4)cc3)nc12. The van der Waals surface area contributed by atoms with Crippen molar-refractivity contribution in [1.82, 2.24) is 14.7 Å². The lowest BCUT2D eigenvalue weighted by Gasteiger charge is -2.36. The molecule has 0 aliphatic carbocycles. The molecule has 3 aromatic carbocycles. The van der Waals surface area contributed by atoms with Crippen molar-refractivity contribution >= 4 is 22.6 Å². The fourth-order valence-electron chi connectivity index (χ4n) is 4.22. The van der Waals surface area contributed by atoms with Gasteiger partial charge in [0.15, 0.2) is 0 Å². The molecule has 162 valence electrons. The fraction of sp³-hybridized carbons (Fsp3) is 0.200. The molecule has 2 heterocycles. The third-order valence-corrected chi connectivity index (χ3v) is 5.96. The van der Waals surface area contributed by atoms with Crippen LogP contribution in [0, 0.1) is 0 Å². The largest absolute Gasteiger partial charge is 0.370 e. The molecule has 0 bridgehead atoms. The first-order chi connectivity index (χ1) is 15.7. The van der Waals surface area contributed by atoms with Gasteiger partial charge in [0.1, 0.15) is 5.52 Å². The van der Waals surface area contributed by atoms with Crippen LogP contribution in [0.1, 0.15) is 15.9 Å². The number of hydrogen-bond acceptors (Lipinski definition) is 6. The maximum atomic E-state index is 11.9. The summed E-state index contributed by atoms with van der Waals surface area (Å²) < 4.78 is 1.78. The van der Waals surface area contributed by atoms with Gasteiger partial charge in [0.2, 0.25) is 0 Å². The quantitative estimate of drug-likeness (QED) is 0.492. The van der Waals surface area contributed by atoms with Gasteiger partial charge < -0.3 is 9.74 Å². The van der Waals surface area contributed by atoms with Crippen LogP contribution in [-0.2, 0) is 11.4 Å². The Morgan fingerprint density at radius 1 is 0.875 bits per heavy atom. The van der Waals surface area contributed by atoms with Gasteiger partial charge in [-0.05, 0) is 35.9 Å². The molecule has 4 aromatic rings. The van der Waals surface area contributed by atoms with Gasteiger partial charge in [0.25, 0.3) is 0 Å². The van der Waals surface area contributed by atoms with Crippen LogP contribution in [0.4, 0.5) is 5.69 Å². The van der Waals surface area contributed by atoms with Crippen molar-refractivity contribution in [1.29, 1.82) is 0 Å². The monoisotopic (exact) mass is 427 g/mol. The van der Waals surface area contributed by atoms with Gasteiger partial charge in [-0.3, -0.25) is 4.90 Å². The summed E-state index contributed by atoms with van der Waals surface area (Å²) in [7, 11) is 0. The van der Waals surface area contributed by atoms with Gasteiger partial charge in [0, 0.05) is 50.0 Å². The highest BCUT2D eigenvalue weighted by molar-refractivity contribution is 6.02. The minimum atomic E-state index is -0.594. The minimum Gasteiger partial charge on any atom is -0.370 e. The van der Waals surface area contributed by atoms with Crippen molar-refractivity contribution in [2.75, 3.05) is 31.1 Å². The molecule has 1 aliphatic heterocycles. The first kappa shape index (κ1) is 20.2. The lowest BCUT2D eigenvalue weighted by molar-refractivity contribution is 0.0505. The van der Waals surface area contributed by atoms with Crippen LogP contribution in [0.3, 0.4) is 0 Å². The Balaban J connectivity index is 1.26. The summed E-state index contributed by atoms with van der Waals surface area (Å²) in [5, 5.41) is 5.43. The molecule has 1 saturated heterocycles. The Morgan fingerprint density at radius 2 is 1.62 bits per heavy atom. The van der Waals surface area contributed by atoms with Crippen molar-refractivity contribution in [2.24, 2.45) is 5.90 Å². The van der Waals surface area contributed by atoms with Gasteiger partial charge in [0.05, 0.1) is 11.3 Å². The van der Waals surface area contributed by atoms with E-state index in [1.54, 1.807) is 16.8 Å². The Kier molecular flexibility index (Phi) is 5.58. The third kappa shape index (κ3) is 4.08. The highest BCUT2D eigenvalue weighted by Crippen LogP contribution is 2.21. The van der Waals surface area contributed by atoms with Crippen molar-refractivity contribution in [3.63, 3.8) is 0 Å². The number of piperazine rings is 1. The van der Waals surface area contributed by atoms with Crippen LogP contribution >= 0.6 is 0 Å². The Hall–Kier alpha value is -3.68. The molecule has 7 nitrogen and oxygen atoms in total. The molecular weight excluding hydrogens is 402 g/mol. The van der Waals surface area contributed by atoms with Crippen LogP contribution in [0.5, 0.6) is 0 Å². The second kappa shape index (κ2) is 8.82. The van der Waals surface area contributed by atoms with Crippen molar-refractivity contribution in [3.05, 3.63) is 90.1 Å². The van der Waals surface area contributed by atoms with Gasteiger partial charge in [-0.2, -0.15) is 11.0 Å². The number of benzene rings is 3. The molecule has 1 fully saturated rings. The molecule has 5 rings (SSSR count). The summed E-state index contributed by atoms with van der Waals surface area (Å²) in [5.74, 6) is 4.46. The molecular formula is C25H25N5O2. The topological polar surface area (TPSA) is 76.6 Å². The number of aromatic nitrogens is 2. The van der Waals surface area contributed by atoms with Crippen LogP contribution in [-0.4, -0.2) is 46.8 Å². The van der Waals surface area contributed by atoms with Crippen molar-refractivity contribution in [2.45, 2.75) is 6.54 Å². The molecule has 2 N–H and O–H groups in total. The Bertz CT molecular complexity index is 1210. The number of fused-ring (bicyclic) bond motifs is 1. The van der Waals surface area contributed by atoms with E-state index in [4.69, 9.17) is 5.90 Å². The maximum Gasteiger partial charge on any atom is 0.358 e. The lowest BCUT2D eigenvalue weighted by Crippen LogP contribution is -2.45. The van der Waals surface area contributed by atoms with Crippen LogP contribution < -0.4 is 10.8 Å². The van der Waals surface area contributed by atoms with Crippen molar-refractivity contribution < 1.29 is 9.63 Å². The third-order valence-electron chi connectivity index (χ3n) is 5.96. The molecule has 32 heavy (non-hydrogen) atoms. The van der Waals surface area contributed by atoms with Crippen LogP contribution in [0.25, 0.3) is 16.6 Å². The molecule has 7 heteroatoms. The molecule has 0 amide bonds. The smallest absolute Gasteiger partial charge is 0.358 e. The summed E-state index contributed by atoms with van der Waals surface area (Å²) in [6.45, 7) is 5.09. The number of carbonyl (C=O) groups excluding carboxylic acids is 1. The number of rotatable bonds is 5. The summed E-state index contributed by atoms with van der Waals surface area (Å²) in [4.78, 5) is 21.2. The maximum absolute atomic E-state index is 11.9. The van der Waals surface area contributed by atoms with Crippen LogP contribution in [0.2, 0.25) is 0 Å². The number of nitrogens with two attached hydrogens (primary N) is 1. The Morgan fingerprint density at radius 3 is 2.34 bits per heavy atom. The first-order valence-electron chi connectivity index (χ1n) is 10.7. The number of para-hydroxylation sites is 1. The Labute approximate surface area is 186 Å². The highest BCUT2D eigenvalue weighted by Gasteiger charge is 2.17. The average Bonchev–Trinajstić information content (AvgIpc) is 3.29. The predicted octanol–water partition coefficient (Wildman–Crippen LogP) is 3.38. The minimum absolute atomic E-state index is 0.356. The molecule has 0 radical (unpaired) electrons. The molecule has 0 atom stereocenters. The van der Waals surface area contributed by atoms with E-state index >= 15 is 0 Å². The number of anilines is 1. The second-order valence-corrected chi connectivity index (χ2v) is 7.99. The van der Waals surface area contributed by atoms with E-state index < -0.39 is 5.97 Å². The van der Waals surface area contributed by atoms with Gasteiger partial charge >= 0.3 is 5.97 Å². The summed E-state index contributed by atoms with van der Waals surface area (Å²) in [5.41, 5.74) is 4.43. The summed E-state index contributed by atoms with van der Waals surface area (Å²) >= 11 is 0. The zero-order valence-electron chi connectivity index (χ0n) is 17.7. The predicted molar refractivity (Wildman–Crippen MR) is 125 cm³/mol. The molecule has 1 aliphatic rings. The first-order valence-corrected chi connectivity index (χ1v) is 10.7. The van der Waals surface area contributed by atoms with E-state index in [2.05, 4.69) is 74.3 Å². The lowest BCUT2D eigenvalue weighted by atomic mass is 10.1. The van der Waals surface area contributed by atoms with Gasteiger partial charge in [-0.25, -0.2) is 9.48 Å². The second-order valence-electron chi connectivity index (χ2n) is 7.99. The fourth-order valence-corrected chi connectivity index (χ4v) is 4.22. The van der Waals surface area contributed by atoms with Gasteiger partial charge in [-0.15, -0.1) is 0 Å². The molecule has 0 saturated carbocycles. The van der Waals surface area contributed by atoms with E-state index in [-0.39, 0.29) is 0 Å². The van der Waals surface area contributed by atoms with Gasteiger partial charge in [-0.1, -0.05) is 42.5 Å². The number of carbonyl (C=O) groups is 1. The van der Waals surface area contributed by atoms with E-state index in [1.165, 1.54) is 11.3 Å². The number of hydrogen-bond donors (Lipinski definition) is 1. The van der Waals surface area contributed by atoms with E-state index in [0.29, 0.717) is 11.1 Å². The van der Waals surface area contributed by atoms with E-state index in [1.807, 2.05) is 12.3 Å². The van der Waals surface area contributed by atoms with Crippen LogP contribution in [0.15, 0.2) is 79.0 Å². The zero-order valence-corrected chi connectivity index (χ0v) is 17.7. The standard InChI is InChI=1S/C25H25N5O2/c26-32-25(31)23-8-4-5-20-18-30(27-24(20)23)22-11-9-19(10-12-22)17-28-13-15-29(16-14-28)21-6-2-1-3-7-21/h1-12,18H,13-17,26H2. The molecule has 0 unspecified atom stereocenters. The highest BCUT2D eigenvalue weighted by atomic mass is 16.7. The van der Waals surface area contributed by atoms with E-state index in [9.17, 15) is 4.79 Å². The van der Waals surface area contributed by atoms with E-state index in [0.717, 1.165) is 43.8 Å². The zero-order chi connectivity index (χ0) is 21.9. The normalized spacial score (nSPS) is 14.6. The van der Waals surface area contributed by atoms with Crippen molar-refractivity contribution in [3.8, 4) is 5.69 Å². The summed E-state index contributed by atoms with van der Waals surface area (Å²) in [6.07, 6.45) is 1.90. The molecule has 1 aromatic heterocycles. The molecule has 0 spiro atoms. The number of nitrogens with zero attached hydrogens (tertiary/aromatic N) is 4. The summed E-state index contributed by atoms with van der Waals surface area (Å²) in [6, 6.07) is 24.4. The average molecular weight is 428 g/mol.